The summed E-state index contributed by atoms with van der Waals surface area (Å²) < 4.78 is 5.52. The summed E-state index contributed by atoms with van der Waals surface area (Å²) in [6.07, 6.45) is 2.86. The molecule has 0 radical (unpaired) electrons. The van der Waals surface area contributed by atoms with Gasteiger partial charge in [0, 0.05) is 24.2 Å². The number of aryl methyl sites for hydroxylation is 1. The molecule has 0 bridgehead atoms. The molecule has 4 rings (SSSR count). The van der Waals surface area contributed by atoms with Gasteiger partial charge in [0.1, 0.15) is 0 Å². The second-order valence-electron chi connectivity index (χ2n) is 6.96. The first kappa shape index (κ1) is 17.5. The first-order chi connectivity index (χ1) is 13.2. The number of likely N-dealkylation sites (tertiary alicyclic amines) is 1. The molecule has 1 unspecified atom stereocenters. The summed E-state index contributed by atoms with van der Waals surface area (Å²) in [4.78, 5) is 19.3. The van der Waals surface area contributed by atoms with E-state index in [9.17, 15) is 4.79 Å². The summed E-state index contributed by atoms with van der Waals surface area (Å²) in [6, 6.07) is 17.7. The number of carbonyl (C=O) groups excluding carboxylic acids is 1. The molecular weight excluding hydrogens is 338 g/mol. The second-order valence-corrected chi connectivity index (χ2v) is 6.96. The molecular formula is C22H23N3O2. The lowest BCUT2D eigenvalue weighted by Gasteiger charge is -2.31. The molecule has 0 saturated carbocycles. The van der Waals surface area contributed by atoms with Gasteiger partial charge in [-0.3, -0.25) is 4.79 Å². The number of nitrogens with zero attached hydrogens (tertiary/aromatic N) is 3. The molecule has 2 heterocycles. The fourth-order valence-electron chi connectivity index (χ4n) is 3.53. The van der Waals surface area contributed by atoms with Crippen molar-refractivity contribution in [1.29, 1.82) is 0 Å². The standard InChI is InChI=1S/C22H23N3O2/c1-2-16-10-12-18(13-11-16)22(26)25-14-6-9-19(15-25)21-23-20(24-27-21)17-7-4-3-5-8-17/h3-5,7-8,10-13,19H,2,6,9,14-15H2,1H3. The lowest BCUT2D eigenvalue weighted by molar-refractivity contribution is 0.0695. The number of carbonyl (C=O) groups is 1. The molecule has 1 aliphatic rings. The van der Waals surface area contributed by atoms with E-state index in [0.717, 1.165) is 36.9 Å². The van der Waals surface area contributed by atoms with Crippen LogP contribution in [0.4, 0.5) is 0 Å². The average Bonchev–Trinajstić information content (AvgIpc) is 3.24. The molecule has 5 nitrogen and oxygen atoms in total. The van der Waals surface area contributed by atoms with E-state index in [1.807, 2.05) is 59.5 Å². The maximum Gasteiger partial charge on any atom is 0.253 e. The molecule has 1 amide bonds. The van der Waals surface area contributed by atoms with Crippen LogP contribution in [0.1, 0.15) is 47.5 Å². The van der Waals surface area contributed by atoms with Gasteiger partial charge in [0.15, 0.2) is 0 Å². The van der Waals surface area contributed by atoms with E-state index >= 15 is 0 Å². The van der Waals surface area contributed by atoms with Crippen LogP contribution >= 0.6 is 0 Å². The molecule has 1 fully saturated rings. The van der Waals surface area contributed by atoms with Crippen molar-refractivity contribution < 1.29 is 9.32 Å². The van der Waals surface area contributed by atoms with Gasteiger partial charge in [0.05, 0.1) is 5.92 Å². The summed E-state index contributed by atoms with van der Waals surface area (Å²) in [6.45, 7) is 3.50. The zero-order valence-electron chi connectivity index (χ0n) is 15.5. The minimum absolute atomic E-state index is 0.0742. The Hall–Kier alpha value is -2.95. The van der Waals surface area contributed by atoms with Crippen molar-refractivity contribution in [1.82, 2.24) is 15.0 Å². The molecule has 1 aromatic heterocycles. The maximum absolute atomic E-state index is 12.9. The number of benzene rings is 2. The van der Waals surface area contributed by atoms with Crippen LogP contribution in [0.3, 0.4) is 0 Å². The Balaban J connectivity index is 1.48. The second kappa shape index (κ2) is 7.74. The number of hydrogen-bond acceptors (Lipinski definition) is 4. The first-order valence-electron chi connectivity index (χ1n) is 9.52. The molecule has 0 spiro atoms. The third-order valence-corrected chi connectivity index (χ3v) is 5.14. The van der Waals surface area contributed by atoms with Crippen LogP contribution in [0.2, 0.25) is 0 Å². The van der Waals surface area contributed by atoms with Gasteiger partial charge < -0.3 is 9.42 Å². The molecule has 3 aromatic rings. The lowest BCUT2D eigenvalue weighted by atomic mass is 9.97. The molecule has 2 aromatic carbocycles. The lowest BCUT2D eigenvalue weighted by Crippen LogP contribution is -2.39. The fourth-order valence-corrected chi connectivity index (χ4v) is 3.53. The highest BCUT2D eigenvalue weighted by molar-refractivity contribution is 5.94. The Kier molecular flexibility index (Phi) is 5.01. The largest absolute Gasteiger partial charge is 0.339 e. The Bertz CT molecular complexity index is 903. The number of piperidine rings is 1. The quantitative estimate of drug-likeness (QED) is 0.694. The zero-order valence-corrected chi connectivity index (χ0v) is 15.5. The minimum atomic E-state index is 0.0742. The maximum atomic E-state index is 12.9. The minimum Gasteiger partial charge on any atom is -0.339 e. The fraction of sp³-hybridized carbons (Fsp3) is 0.318. The van der Waals surface area contributed by atoms with Crippen LogP contribution in [-0.2, 0) is 6.42 Å². The zero-order chi connectivity index (χ0) is 18.6. The number of rotatable bonds is 4. The number of aromatic nitrogens is 2. The predicted octanol–water partition coefficient (Wildman–Crippen LogP) is 4.32. The Labute approximate surface area is 159 Å². The van der Waals surface area contributed by atoms with E-state index in [2.05, 4.69) is 17.1 Å². The van der Waals surface area contributed by atoms with Gasteiger partial charge in [-0.25, -0.2) is 0 Å². The highest BCUT2D eigenvalue weighted by atomic mass is 16.5. The van der Waals surface area contributed by atoms with Gasteiger partial charge in [-0.1, -0.05) is 54.5 Å². The van der Waals surface area contributed by atoms with Crippen LogP contribution in [-0.4, -0.2) is 34.0 Å². The summed E-state index contributed by atoms with van der Waals surface area (Å²) in [5.41, 5.74) is 2.91. The topological polar surface area (TPSA) is 59.2 Å². The molecule has 1 aliphatic heterocycles. The molecule has 5 heteroatoms. The van der Waals surface area contributed by atoms with E-state index in [1.165, 1.54) is 5.56 Å². The van der Waals surface area contributed by atoms with E-state index in [4.69, 9.17) is 4.52 Å². The third-order valence-electron chi connectivity index (χ3n) is 5.14. The van der Waals surface area contributed by atoms with Gasteiger partial charge in [0.25, 0.3) is 5.91 Å². The van der Waals surface area contributed by atoms with Gasteiger partial charge >= 0.3 is 0 Å². The summed E-state index contributed by atoms with van der Waals surface area (Å²) in [5, 5.41) is 4.12. The molecule has 0 N–H and O–H groups in total. The van der Waals surface area contributed by atoms with Gasteiger partial charge in [0.2, 0.25) is 11.7 Å². The predicted molar refractivity (Wildman–Crippen MR) is 103 cm³/mol. The van der Waals surface area contributed by atoms with Gasteiger partial charge in [-0.2, -0.15) is 4.98 Å². The van der Waals surface area contributed by atoms with Crippen molar-refractivity contribution in [2.75, 3.05) is 13.1 Å². The van der Waals surface area contributed by atoms with Crippen molar-refractivity contribution in [3.8, 4) is 11.4 Å². The van der Waals surface area contributed by atoms with Crippen LogP contribution in [0.25, 0.3) is 11.4 Å². The highest BCUT2D eigenvalue weighted by Crippen LogP contribution is 2.28. The summed E-state index contributed by atoms with van der Waals surface area (Å²) >= 11 is 0. The van der Waals surface area contributed by atoms with Crippen LogP contribution in [0.15, 0.2) is 59.1 Å². The molecule has 138 valence electrons. The summed E-state index contributed by atoms with van der Waals surface area (Å²) in [7, 11) is 0. The van der Waals surface area contributed by atoms with E-state index < -0.39 is 0 Å². The van der Waals surface area contributed by atoms with Crippen LogP contribution in [0, 0.1) is 0 Å². The van der Waals surface area contributed by atoms with Crippen molar-refractivity contribution in [2.24, 2.45) is 0 Å². The molecule has 0 aliphatic carbocycles. The van der Waals surface area contributed by atoms with Gasteiger partial charge in [-0.15, -0.1) is 0 Å². The Morgan fingerprint density at radius 3 is 2.67 bits per heavy atom. The third kappa shape index (κ3) is 3.77. The van der Waals surface area contributed by atoms with Crippen LogP contribution < -0.4 is 0 Å². The molecule has 1 saturated heterocycles. The monoisotopic (exact) mass is 361 g/mol. The number of amides is 1. The first-order valence-corrected chi connectivity index (χ1v) is 9.52. The van der Waals surface area contributed by atoms with Crippen molar-refractivity contribution in [2.45, 2.75) is 32.1 Å². The van der Waals surface area contributed by atoms with Crippen LogP contribution in [0.5, 0.6) is 0 Å². The van der Waals surface area contributed by atoms with E-state index in [-0.39, 0.29) is 11.8 Å². The molecule has 27 heavy (non-hydrogen) atoms. The highest BCUT2D eigenvalue weighted by Gasteiger charge is 2.29. The SMILES string of the molecule is CCc1ccc(C(=O)N2CCCC(c3nc(-c4ccccc4)no3)C2)cc1. The summed E-state index contributed by atoms with van der Waals surface area (Å²) in [5.74, 6) is 1.38. The van der Waals surface area contributed by atoms with E-state index in [0.29, 0.717) is 18.3 Å². The smallest absolute Gasteiger partial charge is 0.253 e. The van der Waals surface area contributed by atoms with Crippen molar-refractivity contribution >= 4 is 5.91 Å². The van der Waals surface area contributed by atoms with Crippen molar-refractivity contribution in [3.05, 3.63) is 71.6 Å². The number of hydrogen-bond donors (Lipinski definition) is 0. The Morgan fingerprint density at radius 2 is 1.93 bits per heavy atom. The van der Waals surface area contributed by atoms with Gasteiger partial charge in [-0.05, 0) is 37.0 Å². The molecule has 1 atom stereocenters. The normalized spacial score (nSPS) is 17.1. The average molecular weight is 361 g/mol. The van der Waals surface area contributed by atoms with Crippen molar-refractivity contribution in [3.63, 3.8) is 0 Å². The Morgan fingerprint density at radius 1 is 1.15 bits per heavy atom. The van der Waals surface area contributed by atoms with E-state index in [1.54, 1.807) is 0 Å².